The molecule has 0 radical (unpaired) electrons. The molecule has 2 aromatic rings. The lowest BCUT2D eigenvalue weighted by Gasteiger charge is -2.18. The Morgan fingerprint density at radius 2 is 2.29 bits per heavy atom. The van der Waals surface area contributed by atoms with E-state index in [0.717, 1.165) is 42.0 Å². The van der Waals surface area contributed by atoms with Crippen molar-refractivity contribution in [2.24, 2.45) is 5.92 Å². The van der Waals surface area contributed by atoms with Crippen molar-refractivity contribution in [3.05, 3.63) is 29.2 Å². The molecule has 1 aliphatic heterocycles. The first-order chi connectivity index (χ1) is 11.5. The van der Waals surface area contributed by atoms with Crippen molar-refractivity contribution in [3.8, 4) is 0 Å². The quantitative estimate of drug-likeness (QED) is 0.900. The average molecular weight is 345 g/mol. The van der Waals surface area contributed by atoms with E-state index in [1.165, 1.54) is 11.3 Å². The van der Waals surface area contributed by atoms with Crippen molar-refractivity contribution < 1.29 is 4.79 Å². The summed E-state index contributed by atoms with van der Waals surface area (Å²) < 4.78 is 0. The van der Waals surface area contributed by atoms with Crippen molar-refractivity contribution >= 4 is 28.2 Å². The van der Waals surface area contributed by atoms with E-state index in [-0.39, 0.29) is 11.8 Å². The molecule has 6 nitrogen and oxygen atoms in total. The molecule has 1 aliphatic rings. The van der Waals surface area contributed by atoms with Gasteiger partial charge >= 0.3 is 0 Å². The van der Waals surface area contributed by atoms with Crippen LogP contribution in [0.15, 0.2) is 17.6 Å². The van der Waals surface area contributed by atoms with Gasteiger partial charge in [0.05, 0.1) is 5.69 Å². The second-order valence-electron chi connectivity index (χ2n) is 6.61. The van der Waals surface area contributed by atoms with Gasteiger partial charge in [0.15, 0.2) is 5.13 Å². The first-order valence-electron chi connectivity index (χ1n) is 8.31. The number of thiazole rings is 1. The van der Waals surface area contributed by atoms with Crippen molar-refractivity contribution in [3.63, 3.8) is 0 Å². The van der Waals surface area contributed by atoms with Crippen LogP contribution in [0.1, 0.15) is 44.1 Å². The van der Waals surface area contributed by atoms with Crippen LogP contribution in [0.5, 0.6) is 0 Å². The number of amides is 1. The lowest BCUT2D eigenvalue weighted by atomic mass is 10.0. The highest BCUT2D eigenvalue weighted by atomic mass is 32.1. The van der Waals surface area contributed by atoms with Gasteiger partial charge in [-0.2, -0.15) is 0 Å². The summed E-state index contributed by atoms with van der Waals surface area (Å²) in [7, 11) is 0. The molecule has 24 heavy (non-hydrogen) atoms. The molecule has 1 saturated heterocycles. The van der Waals surface area contributed by atoms with Crippen LogP contribution in [0.25, 0.3) is 0 Å². The molecule has 1 atom stereocenters. The summed E-state index contributed by atoms with van der Waals surface area (Å²) in [6, 6.07) is 1.98. The maximum absolute atomic E-state index is 12.3. The van der Waals surface area contributed by atoms with E-state index in [1.54, 1.807) is 6.20 Å². The van der Waals surface area contributed by atoms with Gasteiger partial charge in [-0.15, -0.1) is 11.3 Å². The predicted molar refractivity (Wildman–Crippen MR) is 95.6 cm³/mol. The van der Waals surface area contributed by atoms with Gasteiger partial charge in [-0.25, -0.2) is 15.0 Å². The van der Waals surface area contributed by atoms with Crippen LogP contribution in [0.3, 0.4) is 0 Å². The van der Waals surface area contributed by atoms with E-state index in [4.69, 9.17) is 0 Å². The maximum atomic E-state index is 12.3. The minimum absolute atomic E-state index is 0.249. The summed E-state index contributed by atoms with van der Waals surface area (Å²) in [5.74, 6) is 2.42. The summed E-state index contributed by atoms with van der Waals surface area (Å²) in [6.45, 7) is 7.62. The predicted octanol–water partition coefficient (Wildman–Crippen LogP) is 3.35. The number of anilines is 2. The molecule has 0 aliphatic carbocycles. The molecule has 7 heteroatoms. The number of hydrogen-bond acceptors (Lipinski definition) is 6. The van der Waals surface area contributed by atoms with E-state index < -0.39 is 0 Å². The summed E-state index contributed by atoms with van der Waals surface area (Å²) in [5, 5.41) is 5.97. The Bertz CT molecular complexity index is 701. The fourth-order valence-electron chi connectivity index (χ4n) is 2.97. The molecular weight excluding hydrogens is 322 g/mol. The molecule has 3 rings (SSSR count). The van der Waals surface area contributed by atoms with E-state index in [9.17, 15) is 4.79 Å². The molecule has 0 spiro atoms. The SMILES string of the molecule is Cc1nc(Nc2nccs2)cc([C@@H]2CCN(C(=O)CC(C)C)C2)n1. The molecule has 0 saturated carbocycles. The van der Waals surface area contributed by atoms with Gasteiger partial charge in [0.25, 0.3) is 0 Å². The van der Waals surface area contributed by atoms with E-state index in [2.05, 4.69) is 34.1 Å². The molecule has 0 aromatic carbocycles. The van der Waals surface area contributed by atoms with Crippen molar-refractivity contribution in [2.45, 2.75) is 39.5 Å². The highest BCUT2D eigenvalue weighted by Crippen LogP contribution is 2.28. The molecule has 0 unspecified atom stereocenters. The number of rotatable bonds is 5. The first kappa shape index (κ1) is 16.8. The number of aryl methyl sites for hydroxylation is 1. The highest BCUT2D eigenvalue weighted by molar-refractivity contribution is 7.13. The Morgan fingerprint density at radius 1 is 1.46 bits per heavy atom. The fourth-order valence-corrected chi connectivity index (χ4v) is 3.50. The van der Waals surface area contributed by atoms with Gasteiger partial charge in [0.2, 0.25) is 5.91 Å². The number of likely N-dealkylation sites (tertiary alicyclic amines) is 1. The maximum Gasteiger partial charge on any atom is 0.222 e. The lowest BCUT2D eigenvalue weighted by Crippen LogP contribution is -2.29. The fraction of sp³-hybridized carbons (Fsp3) is 0.529. The second-order valence-corrected chi connectivity index (χ2v) is 7.51. The molecule has 128 valence electrons. The summed E-state index contributed by atoms with van der Waals surface area (Å²) in [6.07, 6.45) is 3.33. The number of hydrogen-bond donors (Lipinski definition) is 1. The summed E-state index contributed by atoms with van der Waals surface area (Å²) in [5.41, 5.74) is 1.00. The largest absolute Gasteiger partial charge is 0.342 e. The smallest absolute Gasteiger partial charge is 0.222 e. The normalized spacial score (nSPS) is 17.5. The number of nitrogens with one attached hydrogen (secondary N) is 1. The van der Waals surface area contributed by atoms with Gasteiger partial charge in [0.1, 0.15) is 11.6 Å². The number of nitrogens with zero attached hydrogens (tertiary/aromatic N) is 4. The van der Waals surface area contributed by atoms with Crippen molar-refractivity contribution in [2.75, 3.05) is 18.4 Å². The summed E-state index contributed by atoms with van der Waals surface area (Å²) >= 11 is 1.54. The molecule has 2 aromatic heterocycles. The van der Waals surface area contributed by atoms with Crippen LogP contribution in [0.4, 0.5) is 10.9 Å². The van der Waals surface area contributed by atoms with Crippen LogP contribution in [0, 0.1) is 12.8 Å². The Kier molecular flexibility index (Phi) is 5.08. The Balaban J connectivity index is 1.71. The third kappa shape index (κ3) is 4.08. The molecule has 3 heterocycles. The van der Waals surface area contributed by atoms with Gasteiger partial charge in [-0.3, -0.25) is 4.79 Å². The number of aromatic nitrogens is 3. The third-order valence-electron chi connectivity index (χ3n) is 4.07. The monoisotopic (exact) mass is 345 g/mol. The standard InChI is InChI=1S/C17H23N5OS/c1-11(2)8-16(23)22-6-4-13(10-22)14-9-15(20-12(3)19-14)21-17-18-5-7-24-17/h5,7,9,11,13H,4,6,8,10H2,1-3H3,(H,18,19,20,21)/t13-/m1/s1. The Labute approximate surface area is 146 Å². The zero-order valence-corrected chi connectivity index (χ0v) is 15.1. The van der Waals surface area contributed by atoms with Gasteiger partial charge in [0, 0.05) is 43.1 Å². The number of carbonyl (C=O) groups is 1. The second kappa shape index (κ2) is 7.25. The molecule has 1 amide bonds. The van der Waals surface area contributed by atoms with Crippen LogP contribution in [0.2, 0.25) is 0 Å². The molecular formula is C17H23N5OS. The zero-order valence-electron chi connectivity index (χ0n) is 14.3. The van der Waals surface area contributed by atoms with Crippen LogP contribution in [-0.4, -0.2) is 38.8 Å². The minimum atomic E-state index is 0.249. The van der Waals surface area contributed by atoms with Crippen LogP contribution in [-0.2, 0) is 4.79 Å². The molecule has 1 N–H and O–H groups in total. The van der Waals surface area contributed by atoms with Gasteiger partial charge in [-0.1, -0.05) is 13.8 Å². The van der Waals surface area contributed by atoms with Crippen molar-refractivity contribution in [1.29, 1.82) is 0 Å². The van der Waals surface area contributed by atoms with Gasteiger partial charge in [-0.05, 0) is 19.3 Å². The zero-order chi connectivity index (χ0) is 17.1. The van der Waals surface area contributed by atoms with Crippen LogP contribution >= 0.6 is 11.3 Å². The summed E-state index contributed by atoms with van der Waals surface area (Å²) in [4.78, 5) is 27.5. The Morgan fingerprint density at radius 3 is 3.00 bits per heavy atom. The van der Waals surface area contributed by atoms with E-state index >= 15 is 0 Å². The Hall–Kier alpha value is -2.02. The van der Waals surface area contributed by atoms with E-state index in [1.807, 2.05) is 23.3 Å². The minimum Gasteiger partial charge on any atom is -0.342 e. The first-order valence-corrected chi connectivity index (χ1v) is 9.19. The third-order valence-corrected chi connectivity index (χ3v) is 4.76. The lowest BCUT2D eigenvalue weighted by molar-refractivity contribution is -0.130. The molecule has 0 bridgehead atoms. The molecule has 1 fully saturated rings. The average Bonchev–Trinajstić information content (AvgIpc) is 3.17. The van der Waals surface area contributed by atoms with Crippen LogP contribution < -0.4 is 5.32 Å². The van der Waals surface area contributed by atoms with E-state index in [0.29, 0.717) is 12.3 Å². The van der Waals surface area contributed by atoms with Crippen molar-refractivity contribution in [1.82, 2.24) is 19.9 Å². The van der Waals surface area contributed by atoms with Gasteiger partial charge < -0.3 is 10.2 Å². The topological polar surface area (TPSA) is 71.0 Å². The highest BCUT2D eigenvalue weighted by Gasteiger charge is 2.28. The number of carbonyl (C=O) groups excluding carboxylic acids is 1.